The molecule has 0 aromatic rings. The van der Waals surface area contributed by atoms with Crippen LogP contribution in [0.1, 0.15) is 33.6 Å². The predicted octanol–water partition coefficient (Wildman–Crippen LogP) is 1.39. The molecule has 0 amide bonds. The molecule has 0 radical (unpaired) electrons. The summed E-state index contributed by atoms with van der Waals surface area (Å²) in [5, 5.41) is 15.1. The summed E-state index contributed by atoms with van der Waals surface area (Å²) in [7, 11) is 0. The second-order valence-electron chi connectivity index (χ2n) is 5.30. The van der Waals surface area contributed by atoms with Gasteiger partial charge < -0.3 is 16.3 Å². The highest BCUT2D eigenvalue weighted by molar-refractivity contribution is 5.85. The number of hydrogen-bond acceptors (Lipinski definition) is 3. The Labute approximate surface area is 91.9 Å². The van der Waals surface area contributed by atoms with Crippen molar-refractivity contribution in [2.75, 3.05) is 13.1 Å². The lowest BCUT2D eigenvalue weighted by atomic mass is 9.88. The van der Waals surface area contributed by atoms with Gasteiger partial charge in [-0.1, -0.05) is 25.9 Å². The Morgan fingerprint density at radius 3 is 2.67 bits per heavy atom. The fraction of sp³-hybridized carbons (Fsp3) is 0.909. The summed E-state index contributed by atoms with van der Waals surface area (Å²) >= 11 is 0. The van der Waals surface area contributed by atoms with Crippen molar-refractivity contribution in [2.45, 2.75) is 33.6 Å². The number of nitrogens with zero attached hydrogens (tertiary/aromatic N) is 1. The van der Waals surface area contributed by atoms with Crippen molar-refractivity contribution in [3.05, 3.63) is 0 Å². The molecule has 0 spiro atoms. The lowest BCUT2D eigenvalue weighted by Gasteiger charge is -2.22. The highest BCUT2D eigenvalue weighted by atomic mass is 16.4. The Morgan fingerprint density at radius 1 is 1.60 bits per heavy atom. The van der Waals surface area contributed by atoms with Gasteiger partial charge in [-0.05, 0) is 37.8 Å². The second-order valence-corrected chi connectivity index (χ2v) is 5.30. The van der Waals surface area contributed by atoms with Gasteiger partial charge in [0.15, 0.2) is 0 Å². The van der Waals surface area contributed by atoms with Crippen LogP contribution in [0.4, 0.5) is 0 Å². The van der Waals surface area contributed by atoms with E-state index in [1.165, 1.54) is 6.42 Å². The standard InChI is InChI=1S/C11H23N3O/c1-8-6-9(8)7-13-5-4-11(2,3)10(12)14-15/h8-9,13,15H,4-7H2,1-3H3,(H2,12,14). The molecule has 0 bridgehead atoms. The van der Waals surface area contributed by atoms with Gasteiger partial charge in [-0.25, -0.2) is 0 Å². The molecule has 1 aliphatic carbocycles. The van der Waals surface area contributed by atoms with Crippen LogP contribution in [0.25, 0.3) is 0 Å². The van der Waals surface area contributed by atoms with Gasteiger partial charge in [0.25, 0.3) is 0 Å². The SMILES string of the molecule is CC1CC1CNCCC(C)(C)C(N)=NO. The lowest BCUT2D eigenvalue weighted by molar-refractivity contribution is 0.305. The molecular formula is C11H23N3O. The van der Waals surface area contributed by atoms with Gasteiger partial charge in [0.1, 0.15) is 5.84 Å². The number of amidine groups is 1. The molecule has 0 aromatic carbocycles. The maximum absolute atomic E-state index is 8.60. The summed E-state index contributed by atoms with van der Waals surface area (Å²) < 4.78 is 0. The molecule has 2 atom stereocenters. The lowest BCUT2D eigenvalue weighted by Crippen LogP contribution is -2.35. The van der Waals surface area contributed by atoms with Crippen LogP contribution in [0, 0.1) is 17.3 Å². The maximum atomic E-state index is 8.60. The number of hydrogen-bond donors (Lipinski definition) is 3. The van der Waals surface area contributed by atoms with E-state index in [-0.39, 0.29) is 5.41 Å². The smallest absolute Gasteiger partial charge is 0.144 e. The quantitative estimate of drug-likeness (QED) is 0.205. The van der Waals surface area contributed by atoms with E-state index < -0.39 is 0 Å². The zero-order valence-corrected chi connectivity index (χ0v) is 9.95. The molecule has 1 saturated carbocycles. The zero-order chi connectivity index (χ0) is 11.5. The Hall–Kier alpha value is -0.770. The third-order valence-corrected chi connectivity index (χ3v) is 3.41. The molecule has 4 heteroatoms. The van der Waals surface area contributed by atoms with Crippen molar-refractivity contribution >= 4 is 5.84 Å². The molecule has 2 unspecified atom stereocenters. The number of nitrogens with one attached hydrogen (secondary N) is 1. The minimum atomic E-state index is -0.225. The monoisotopic (exact) mass is 213 g/mol. The average Bonchev–Trinajstić information content (AvgIpc) is 2.88. The fourth-order valence-corrected chi connectivity index (χ4v) is 1.64. The maximum Gasteiger partial charge on any atom is 0.144 e. The van der Waals surface area contributed by atoms with Crippen LogP contribution >= 0.6 is 0 Å². The van der Waals surface area contributed by atoms with E-state index in [1.807, 2.05) is 13.8 Å². The first kappa shape index (κ1) is 12.3. The number of rotatable bonds is 6. The molecule has 1 rings (SSSR count). The van der Waals surface area contributed by atoms with Crippen LogP contribution in [0.3, 0.4) is 0 Å². The second kappa shape index (κ2) is 4.84. The third-order valence-electron chi connectivity index (χ3n) is 3.41. The van der Waals surface area contributed by atoms with E-state index in [0.29, 0.717) is 5.84 Å². The summed E-state index contributed by atoms with van der Waals surface area (Å²) in [5.41, 5.74) is 5.37. The van der Waals surface area contributed by atoms with Crippen molar-refractivity contribution in [1.82, 2.24) is 5.32 Å². The van der Waals surface area contributed by atoms with E-state index in [4.69, 9.17) is 10.9 Å². The van der Waals surface area contributed by atoms with Crippen LogP contribution in [0.2, 0.25) is 0 Å². The molecule has 1 aliphatic rings. The van der Waals surface area contributed by atoms with Crippen molar-refractivity contribution in [3.63, 3.8) is 0 Å². The highest BCUT2D eigenvalue weighted by Crippen LogP contribution is 2.36. The van der Waals surface area contributed by atoms with Crippen molar-refractivity contribution in [3.8, 4) is 0 Å². The summed E-state index contributed by atoms with van der Waals surface area (Å²) in [6.07, 6.45) is 2.25. The van der Waals surface area contributed by atoms with Gasteiger partial charge in [-0.3, -0.25) is 0 Å². The molecule has 0 aliphatic heterocycles. The van der Waals surface area contributed by atoms with Gasteiger partial charge in [-0.15, -0.1) is 0 Å². The topological polar surface area (TPSA) is 70.6 Å². The molecule has 0 heterocycles. The highest BCUT2D eigenvalue weighted by Gasteiger charge is 2.31. The van der Waals surface area contributed by atoms with Crippen molar-refractivity contribution < 1.29 is 5.21 Å². The third kappa shape index (κ3) is 3.70. The van der Waals surface area contributed by atoms with Crippen molar-refractivity contribution in [2.24, 2.45) is 28.1 Å². The summed E-state index contributed by atoms with van der Waals surface area (Å²) in [5.74, 6) is 2.08. The number of oxime groups is 1. The normalized spacial score (nSPS) is 26.7. The predicted molar refractivity (Wildman–Crippen MR) is 61.9 cm³/mol. The van der Waals surface area contributed by atoms with Gasteiger partial charge in [0.2, 0.25) is 0 Å². The van der Waals surface area contributed by atoms with Gasteiger partial charge in [0, 0.05) is 5.41 Å². The molecule has 15 heavy (non-hydrogen) atoms. The van der Waals surface area contributed by atoms with Crippen molar-refractivity contribution in [1.29, 1.82) is 0 Å². The van der Waals surface area contributed by atoms with Crippen LogP contribution in [-0.4, -0.2) is 24.1 Å². The molecule has 88 valence electrons. The Kier molecular flexibility index (Phi) is 3.97. The summed E-state index contributed by atoms with van der Waals surface area (Å²) in [6, 6.07) is 0. The molecule has 4 N–H and O–H groups in total. The van der Waals surface area contributed by atoms with E-state index in [2.05, 4.69) is 17.4 Å². The Morgan fingerprint density at radius 2 is 2.20 bits per heavy atom. The van der Waals surface area contributed by atoms with Gasteiger partial charge in [0.05, 0.1) is 0 Å². The minimum absolute atomic E-state index is 0.225. The molecule has 4 nitrogen and oxygen atoms in total. The van der Waals surface area contributed by atoms with E-state index in [9.17, 15) is 0 Å². The first-order chi connectivity index (χ1) is 6.97. The summed E-state index contributed by atoms with van der Waals surface area (Å²) in [6.45, 7) is 8.29. The molecule has 0 aromatic heterocycles. The number of nitrogens with two attached hydrogens (primary N) is 1. The molecular weight excluding hydrogens is 190 g/mol. The van der Waals surface area contributed by atoms with Crippen LogP contribution in [-0.2, 0) is 0 Å². The minimum Gasteiger partial charge on any atom is -0.409 e. The van der Waals surface area contributed by atoms with Crippen LogP contribution in [0.5, 0.6) is 0 Å². The van der Waals surface area contributed by atoms with E-state index in [1.54, 1.807) is 0 Å². The molecule has 1 fully saturated rings. The van der Waals surface area contributed by atoms with E-state index in [0.717, 1.165) is 31.3 Å². The first-order valence-electron chi connectivity index (χ1n) is 5.66. The van der Waals surface area contributed by atoms with Crippen LogP contribution < -0.4 is 11.1 Å². The average molecular weight is 213 g/mol. The van der Waals surface area contributed by atoms with Gasteiger partial charge in [-0.2, -0.15) is 0 Å². The largest absolute Gasteiger partial charge is 0.409 e. The Balaban J connectivity index is 2.13. The molecule has 0 saturated heterocycles. The van der Waals surface area contributed by atoms with Gasteiger partial charge >= 0.3 is 0 Å². The summed E-state index contributed by atoms with van der Waals surface area (Å²) in [4.78, 5) is 0. The Bertz CT molecular complexity index is 238. The first-order valence-corrected chi connectivity index (χ1v) is 5.66. The van der Waals surface area contributed by atoms with E-state index >= 15 is 0 Å². The fourth-order valence-electron chi connectivity index (χ4n) is 1.64. The zero-order valence-electron chi connectivity index (χ0n) is 9.95. The van der Waals surface area contributed by atoms with Crippen LogP contribution in [0.15, 0.2) is 5.16 Å².